The normalized spacial score (nSPS) is 22.9. The van der Waals surface area contributed by atoms with Gasteiger partial charge in [0, 0.05) is 11.6 Å². The summed E-state index contributed by atoms with van der Waals surface area (Å²) in [6, 6.07) is 12.5. The van der Waals surface area contributed by atoms with E-state index in [-0.39, 0.29) is 23.8 Å². The molecule has 0 saturated carbocycles. The van der Waals surface area contributed by atoms with Crippen LogP contribution in [-0.4, -0.2) is 24.2 Å². The van der Waals surface area contributed by atoms with Crippen LogP contribution in [0.4, 0.5) is 5.69 Å². The summed E-state index contributed by atoms with van der Waals surface area (Å²) in [5.74, 6) is -0.931. The Morgan fingerprint density at radius 3 is 2.73 bits per heavy atom. The standard InChI is InChI=1S/C21H19NO4/c1-26-21(25)12-9-10-18-17(11-12)13-7-4-8-14(13)19(22-18)15-5-2-3-6-16(15)20(23)24/h2-7,9-11,13-14,19,22H,8H2,1H3,(H,23,24)/t13-,14-,19+/m1/s1. The quantitative estimate of drug-likeness (QED) is 0.647. The maximum Gasteiger partial charge on any atom is 0.337 e. The first-order valence-corrected chi connectivity index (χ1v) is 8.58. The third kappa shape index (κ3) is 2.56. The molecule has 0 spiro atoms. The summed E-state index contributed by atoms with van der Waals surface area (Å²) in [7, 11) is 1.37. The van der Waals surface area contributed by atoms with Crippen LogP contribution in [0.5, 0.6) is 0 Å². The number of carbonyl (C=O) groups is 2. The summed E-state index contributed by atoms with van der Waals surface area (Å²) in [5, 5.41) is 13.1. The second kappa shape index (κ2) is 6.33. The van der Waals surface area contributed by atoms with Crippen LogP contribution >= 0.6 is 0 Å². The molecule has 2 aliphatic rings. The number of hydrogen-bond donors (Lipinski definition) is 2. The molecule has 132 valence electrons. The lowest BCUT2D eigenvalue weighted by Crippen LogP contribution is -2.30. The highest BCUT2D eigenvalue weighted by Crippen LogP contribution is 2.50. The maximum atomic E-state index is 11.9. The lowest BCUT2D eigenvalue weighted by Gasteiger charge is -2.38. The third-order valence-corrected chi connectivity index (χ3v) is 5.31. The fraction of sp³-hybridized carbons (Fsp3) is 0.238. The van der Waals surface area contributed by atoms with Gasteiger partial charge in [-0.05, 0) is 47.7 Å². The van der Waals surface area contributed by atoms with Crippen LogP contribution in [0, 0.1) is 5.92 Å². The number of nitrogens with one attached hydrogen (secondary N) is 1. The van der Waals surface area contributed by atoms with Gasteiger partial charge in [0.05, 0.1) is 24.3 Å². The first-order chi connectivity index (χ1) is 12.6. The van der Waals surface area contributed by atoms with E-state index in [1.807, 2.05) is 24.3 Å². The van der Waals surface area contributed by atoms with E-state index in [2.05, 4.69) is 17.5 Å². The maximum absolute atomic E-state index is 11.9. The summed E-state index contributed by atoms with van der Waals surface area (Å²) in [6.45, 7) is 0. The number of esters is 1. The summed E-state index contributed by atoms with van der Waals surface area (Å²) >= 11 is 0. The molecule has 5 heteroatoms. The Bertz CT molecular complexity index is 918. The van der Waals surface area contributed by atoms with E-state index >= 15 is 0 Å². The van der Waals surface area contributed by atoms with Gasteiger partial charge in [0.1, 0.15) is 0 Å². The molecule has 2 aromatic rings. The van der Waals surface area contributed by atoms with Crippen molar-refractivity contribution < 1.29 is 19.4 Å². The van der Waals surface area contributed by atoms with Crippen molar-refractivity contribution in [1.29, 1.82) is 0 Å². The van der Waals surface area contributed by atoms with Crippen LogP contribution in [0.1, 0.15) is 50.2 Å². The molecular weight excluding hydrogens is 330 g/mol. The monoisotopic (exact) mass is 349 g/mol. The van der Waals surface area contributed by atoms with Crippen molar-refractivity contribution in [2.24, 2.45) is 5.92 Å². The van der Waals surface area contributed by atoms with Crippen LogP contribution in [0.2, 0.25) is 0 Å². The van der Waals surface area contributed by atoms with Gasteiger partial charge < -0.3 is 15.2 Å². The Kier molecular flexibility index (Phi) is 3.99. The number of fused-ring (bicyclic) bond motifs is 3. The predicted molar refractivity (Wildman–Crippen MR) is 97.5 cm³/mol. The highest BCUT2D eigenvalue weighted by molar-refractivity contribution is 5.91. The second-order valence-electron chi connectivity index (χ2n) is 6.66. The average molecular weight is 349 g/mol. The number of rotatable bonds is 3. The number of benzene rings is 2. The first-order valence-electron chi connectivity index (χ1n) is 8.58. The minimum absolute atomic E-state index is 0.0984. The smallest absolute Gasteiger partial charge is 0.337 e. The van der Waals surface area contributed by atoms with Crippen molar-refractivity contribution in [2.75, 3.05) is 12.4 Å². The average Bonchev–Trinajstić information content (AvgIpc) is 3.16. The minimum atomic E-state index is -0.920. The molecule has 0 fully saturated rings. The van der Waals surface area contributed by atoms with Crippen LogP contribution in [0.15, 0.2) is 54.6 Å². The molecule has 1 aliphatic heterocycles. The first kappa shape index (κ1) is 16.4. The van der Waals surface area contributed by atoms with Crippen molar-refractivity contribution in [2.45, 2.75) is 18.4 Å². The van der Waals surface area contributed by atoms with Gasteiger partial charge in [0.25, 0.3) is 0 Å². The van der Waals surface area contributed by atoms with Gasteiger partial charge in [0.2, 0.25) is 0 Å². The molecule has 5 nitrogen and oxygen atoms in total. The molecule has 0 unspecified atom stereocenters. The second-order valence-corrected chi connectivity index (χ2v) is 6.66. The molecule has 3 atom stereocenters. The van der Waals surface area contributed by atoms with Crippen molar-refractivity contribution in [3.05, 3.63) is 76.9 Å². The number of ether oxygens (including phenoxy) is 1. The van der Waals surface area contributed by atoms with E-state index in [0.29, 0.717) is 11.1 Å². The number of carbonyl (C=O) groups excluding carboxylic acids is 1. The lowest BCUT2D eigenvalue weighted by atomic mass is 9.76. The van der Waals surface area contributed by atoms with Crippen molar-refractivity contribution in [1.82, 2.24) is 0 Å². The van der Waals surface area contributed by atoms with Gasteiger partial charge in [0.15, 0.2) is 0 Å². The van der Waals surface area contributed by atoms with Crippen molar-refractivity contribution >= 4 is 17.6 Å². The fourth-order valence-electron chi connectivity index (χ4n) is 4.11. The number of allylic oxidation sites excluding steroid dienone is 2. The molecule has 0 radical (unpaired) electrons. The number of carboxylic acid groups (broad SMARTS) is 1. The van der Waals surface area contributed by atoms with E-state index in [0.717, 1.165) is 23.2 Å². The summed E-state index contributed by atoms with van der Waals surface area (Å²) in [5.41, 5.74) is 3.62. The molecule has 2 N–H and O–H groups in total. The van der Waals surface area contributed by atoms with Gasteiger partial charge >= 0.3 is 11.9 Å². The summed E-state index contributed by atoms with van der Waals surface area (Å²) < 4.78 is 4.83. The number of aromatic carboxylic acids is 1. The van der Waals surface area contributed by atoms with E-state index in [9.17, 15) is 14.7 Å². The van der Waals surface area contributed by atoms with Crippen LogP contribution in [-0.2, 0) is 4.74 Å². The van der Waals surface area contributed by atoms with Crippen molar-refractivity contribution in [3.63, 3.8) is 0 Å². The highest BCUT2D eigenvalue weighted by Gasteiger charge is 2.39. The van der Waals surface area contributed by atoms with Gasteiger partial charge in [-0.15, -0.1) is 0 Å². The van der Waals surface area contributed by atoms with Crippen LogP contribution in [0.25, 0.3) is 0 Å². The molecule has 0 saturated heterocycles. The Labute approximate surface area is 151 Å². The van der Waals surface area contributed by atoms with Crippen LogP contribution in [0.3, 0.4) is 0 Å². The molecular formula is C21H19NO4. The van der Waals surface area contributed by atoms with Crippen LogP contribution < -0.4 is 5.32 Å². The van der Waals surface area contributed by atoms with E-state index in [1.165, 1.54) is 7.11 Å². The molecule has 0 bridgehead atoms. The van der Waals surface area contributed by atoms with Gasteiger partial charge in [-0.3, -0.25) is 0 Å². The van der Waals surface area contributed by atoms with E-state index < -0.39 is 5.97 Å². The Hall–Kier alpha value is -3.08. The molecule has 1 heterocycles. The number of carboxylic acids is 1. The highest BCUT2D eigenvalue weighted by atomic mass is 16.5. The predicted octanol–water partition coefficient (Wildman–Crippen LogP) is 4.00. The topological polar surface area (TPSA) is 75.6 Å². The number of anilines is 1. The largest absolute Gasteiger partial charge is 0.478 e. The molecule has 0 amide bonds. The zero-order valence-corrected chi connectivity index (χ0v) is 14.3. The third-order valence-electron chi connectivity index (χ3n) is 5.31. The Morgan fingerprint density at radius 2 is 1.96 bits per heavy atom. The Morgan fingerprint density at radius 1 is 1.15 bits per heavy atom. The SMILES string of the molecule is COC(=O)c1ccc2c(c1)[C@@H]1C=CC[C@H]1[C@@H](c1ccccc1C(=O)O)N2. The number of methoxy groups -OCH3 is 1. The van der Waals surface area contributed by atoms with Gasteiger partial charge in [-0.25, -0.2) is 9.59 Å². The molecule has 4 rings (SSSR count). The molecule has 2 aromatic carbocycles. The molecule has 0 aromatic heterocycles. The van der Waals surface area contributed by atoms with E-state index in [4.69, 9.17) is 4.74 Å². The van der Waals surface area contributed by atoms with E-state index in [1.54, 1.807) is 18.2 Å². The molecule has 26 heavy (non-hydrogen) atoms. The summed E-state index contributed by atoms with van der Waals surface area (Å²) in [6.07, 6.45) is 5.15. The molecule has 1 aliphatic carbocycles. The Balaban J connectivity index is 1.79. The zero-order valence-electron chi connectivity index (χ0n) is 14.3. The summed E-state index contributed by atoms with van der Waals surface area (Å²) in [4.78, 5) is 23.5. The lowest BCUT2D eigenvalue weighted by molar-refractivity contribution is 0.0599. The minimum Gasteiger partial charge on any atom is -0.478 e. The fourth-order valence-corrected chi connectivity index (χ4v) is 4.11. The zero-order chi connectivity index (χ0) is 18.3. The van der Waals surface area contributed by atoms with Gasteiger partial charge in [-0.1, -0.05) is 30.4 Å². The number of hydrogen-bond acceptors (Lipinski definition) is 4. The van der Waals surface area contributed by atoms with Gasteiger partial charge in [-0.2, -0.15) is 0 Å². The van der Waals surface area contributed by atoms with Crippen molar-refractivity contribution in [3.8, 4) is 0 Å².